The predicted molar refractivity (Wildman–Crippen MR) is 131 cm³/mol. The molecule has 31 heavy (non-hydrogen) atoms. The molecule has 0 spiro atoms. The molecule has 0 aliphatic rings. The van der Waals surface area contributed by atoms with E-state index in [4.69, 9.17) is 61.2 Å². The van der Waals surface area contributed by atoms with Gasteiger partial charge in [-0.1, -0.05) is 56.8 Å². The minimum absolute atomic E-state index is 0.139. The molecule has 0 aromatic heterocycles. The number of benzene rings is 2. The third kappa shape index (κ3) is 7.18. The fourth-order valence-electron chi connectivity index (χ4n) is 2.49. The summed E-state index contributed by atoms with van der Waals surface area (Å²) < 4.78 is 14.7. The van der Waals surface area contributed by atoms with Crippen molar-refractivity contribution in [3.63, 3.8) is 0 Å². The van der Waals surface area contributed by atoms with Crippen LogP contribution in [0.5, 0.6) is 17.2 Å². The summed E-state index contributed by atoms with van der Waals surface area (Å²) in [6.07, 6.45) is -1.16. The zero-order valence-electron chi connectivity index (χ0n) is 16.6. The summed E-state index contributed by atoms with van der Waals surface area (Å²) in [5.41, 5.74) is 0.896. The Morgan fingerprint density at radius 1 is 1.03 bits per heavy atom. The Kier molecular flexibility index (Phi) is 9.32. The van der Waals surface area contributed by atoms with Gasteiger partial charge in [0.25, 0.3) is 5.91 Å². The number of alkyl halides is 3. The highest BCUT2D eigenvalue weighted by atomic mass is 79.9. The first kappa shape index (κ1) is 25.6. The van der Waals surface area contributed by atoms with Gasteiger partial charge in [-0.2, -0.15) is 0 Å². The Labute approximate surface area is 208 Å². The highest BCUT2D eigenvalue weighted by molar-refractivity contribution is 9.10. The summed E-state index contributed by atoms with van der Waals surface area (Å²) in [7, 11) is 4.34. The standard InChI is InChI=1S/C19H19BrCl3N3O4S/c1-28-13-7-10(8-14(29-2)15(13)30-3)16(27)25-17(19(21,22)23)26-18(31)24-12-6-4-5-11(20)9-12/h4-9,17H,1-3H3,(H,25,27)(H2,24,26,31)/t17-/m0/s1. The first-order valence-electron chi connectivity index (χ1n) is 8.59. The number of anilines is 1. The van der Waals surface area contributed by atoms with Crippen LogP contribution in [-0.4, -0.2) is 42.3 Å². The third-order valence-electron chi connectivity index (χ3n) is 3.89. The minimum atomic E-state index is -1.92. The lowest BCUT2D eigenvalue weighted by Gasteiger charge is -2.28. The van der Waals surface area contributed by atoms with E-state index >= 15 is 0 Å². The molecular weight excluding hydrogens is 553 g/mol. The van der Waals surface area contributed by atoms with Gasteiger partial charge >= 0.3 is 0 Å². The van der Waals surface area contributed by atoms with E-state index in [-0.39, 0.29) is 10.7 Å². The van der Waals surface area contributed by atoms with Crippen LogP contribution >= 0.6 is 63.0 Å². The molecule has 0 heterocycles. The normalized spacial score (nSPS) is 11.8. The van der Waals surface area contributed by atoms with Crippen molar-refractivity contribution < 1.29 is 19.0 Å². The number of ether oxygens (including phenoxy) is 3. The van der Waals surface area contributed by atoms with Gasteiger partial charge in [0.05, 0.1) is 21.3 Å². The maximum atomic E-state index is 12.9. The molecule has 0 bridgehead atoms. The summed E-state index contributed by atoms with van der Waals surface area (Å²) in [6.45, 7) is 0. The number of rotatable bonds is 7. The number of carbonyl (C=O) groups is 1. The first-order chi connectivity index (χ1) is 14.6. The Hall–Kier alpha value is -1.65. The van der Waals surface area contributed by atoms with Gasteiger partial charge in [-0.25, -0.2) is 0 Å². The molecule has 0 aliphatic carbocycles. The van der Waals surface area contributed by atoms with Crippen molar-refractivity contribution in [2.75, 3.05) is 26.6 Å². The molecule has 2 aromatic rings. The summed E-state index contributed by atoms with van der Waals surface area (Å²) in [5, 5.41) is 8.50. The topological polar surface area (TPSA) is 80.9 Å². The van der Waals surface area contributed by atoms with E-state index in [2.05, 4.69) is 31.9 Å². The maximum Gasteiger partial charge on any atom is 0.253 e. The van der Waals surface area contributed by atoms with E-state index in [0.29, 0.717) is 22.9 Å². The van der Waals surface area contributed by atoms with Crippen LogP contribution in [0.25, 0.3) is 0 Å². The number of halogens is 4. The van der Waals surface area contributed by atoms with E-state index < -0.39 is 15.9 Å². The Bertz CT molecular complexity index is 934. The molecule has 0 aliphatic heterocycles. The predicted octanol–water partition coefficient (Wildman–Crippen LogP) is 4.89. The molecule has 12 heteroatoms. The largest absolute Gasteiger partial charge is 0.493 e. The number of hydrogen-bond acceptors (Lipinski definition) is 5. The van der Waals surface area contributed by atoms with Crippen LogP contribution in [0.4, 0.5) is 5.69 Å². The molecule has 1 atom stereocenters. The quantitative estimate of drug-likeness (QED) is 0.248. The number of amides is 1. The van der Waals surface area contributed by atoms with Gasteiger partial charge in [0.1, 0.15) is 6.17 Å². The van der Waals surface area contributed by atoms with Crippen molar-refractivity contribution in [3.05, 3.63) is 46.4 Å². The van der Waals surface area contributed by atoms with Crippen molar-refractivity contribution >= 4 is 79.7 Å². The maximum absolute atomic E-state index is 12.9. The molecule has 3 N–H and O–H groups in total. The molecule has 0 radical (unpaired) electrons. The van der Waals surface area contributed by atoms with Gasteiger partial charge in [-0.05, 0) is 42.5 Å². The van der Waals surface area contributed by atoms with Crippen LogP contribution in [0.1, 0.15) is 10.4 Å². The molecule has 0 saturated heterocycles. The van der Waals surface area contributed by atoms with Gasteiger partial charge in [0.15, 0.2) is 16.6 Å². The summed E-state index contributed by atoms with van der Waals surface area (Å²) in [6, 6.07) is 10.3. The molecule has 0 fully saturated rings. The van der Waals surface area contributed by atoms with Crippen LogP contribution in [0.15, 0.2) is 40.9 Å². The lowest BCUT2D eigenvalue weighted by atomic mass is 10.1. The zero-order valence-corrected chi connectivity index (χ0v) is 21.3. The summed E-state index contributed by atoms with van der Waals surface area (Å²) in [4.78, 5) is 12.9. The molecule has 1 amide bonds. The number of hydrogen-bond donors (Lipinski definition) is 3. The Morgan fingerprint density at radius 2 is 1.65 bits per heavy atom. The zero-order chi connectivity index (χ0) is 23.2. The van der Waals surface area contributed by atoms with Crippen molar-refractivity contribution in [2.24, 2.45) is 0 Å². The van der Waals surface area contributed by atoms with Crippen molar-refractivity contribution in [3.8, 4) is 17.2 Å². The fraction of sp³-hybridized carbons (Fsp3) is 0.263. The van der Waals surface area contributed by atoms with Crippen LogP contribution in [-0.2, 0) is 0 Å². The van der Waals surface area contributed by atoms with Crippen LogP contribution < -0.4 is 30.2 Å². The van der Waals surface area contributed by atoms with Crippen LogP contribution in [0.3, 0.4) is 0 Å². The molecule has 2 rings (SSSR count). The molecular formula is C19H19BrCl3N3O4S. The highest BCUT2D eigenvalue weighted by Gasteiger charge is 2.35. The lowest BCUT2D eigenvalue weighted by Crippen LogP contribution is -2.56. The number of thiocarbonyl (C=S) groups is 1. The van der Waals surface area contributed by atoms with Gasteiger partial charge in [0.2, 0.25) is 9.54 Å². The first-order valence-corrected chi connectivity index (χ1v) is 10.9. The second-order valence-corrected chi connectivity index (χ2v) is 9.66. The SMILES string of the molecule is COc1cc(C(=O)N[C@@H](NC(=S)Nc2cccc(Br)c2)C(Cl)(Cl)Cl)cc(OC)c1OC. The van der Waals surface area contributed by atoms with E-state index in [9.17, 15) is 4.79 Å². The second-order valence-electron chi connectivity index (χ2n) is 5.97. The smallest absolute Gasteiger partial charge is 0.253 e. The van der Waals surface area contributed by atoms with E-state index in [1.54, 1.807) is 6.07 Å². The Morgan fingerprint density at radius 3 is 2.13 bits per heavy atom. The lowest BCUT2D eigenvalue weighted by molar-refractivity contribution is 0.0933. The Balaban J connectivity index is 2.21. The molecule has 0 unspecified atom stereocenters. The molecule has 168 valence electrons. The molecule has 2 aromatic carbocycles. The average Bonchev–Trinajstić information content (AvgIpc) is 2.71. The monoisotopic (exact) mass is 569 g/mol. The van der Waals surface area contributed by atoms with Crippen LogP contribution in [0.2, 0.25) is 0 Å². The van der Waals surface area contributed by atoms with Crippen molar-refractivity contribution in [2.45, 2.75) is 9.96 Å². The molecule has 0 saturated carbocycles. The summed E-state index contributed by atoms with van der Waals surface area (Å²) >= 11 is 26.8. The highest BCUT2D eigenvalue weighted by Crippen LogP contribution is 2.38. The van der Waals surface area contributed by atoms with E-state index in [0.717, 1.165) is 4.47 Å². The second kappa shape index (κ2) is 11.3. The van der Waals surface area contributed by atoms with Crippen molar-refractivity contribution in [1.82, 2.24) is 10.6 Å². The van der Waals surface area contributed by atoms with Gasteiger partial charge in [-0.15, -0.1) is 0 Å². The molecule has 7 nitrogen and oxygen atoms in total. The van der Waals surface area contributed by atoms with Gasteiger partial charge < -0.3 is 30.2 Å². The third-order valence-corrected chi connectivity index (χ3v) is 5.26. The number of carbonyl (C=O) groups excluding carboxylic acids is 1. The van der Waals surface area contributed by atoms with E-state index in [1.807, 2.05) is 18.2 Å². The number of nitrogens with one attached hydrogen (secondary N) is 3. The van der Waals surface area contributed by atoms with Gasteiger partial charge in [0, 0.05) is 15.7 Å². The van der Waals surface area contributed by atoms with E-state index in [1.165, 1.54) is 33.5 Å². The van der Waals surface area contributed by atoms with Crippen molar-refractivity contribution in [1.29, 1.82) is 0 Å². The average molecular weight is 572 g/mol. The van der Waals surface area contributed by atoms with Crippen LogP contribution in [0, 0.1) is 0 Å². The minimum Gasteiger partial charge on any atom is -0.493 e. The fourth-order valence-corrected chi connectivity index (χ4v) is 3.45. The number of methoxy groups -OCH3 is 3. The summed E-state index contributed by atoms with van der Waals surface area (Å²) in [5.74, 6) is 0.389. The van der Waals surface area contributed by atoms with Gasteiger partial charge in [-0.3, -0.25) is 4.79 Å².